The summed E-state index contributed by atoms with van der Waals surface area (Å²) in [6.45, 7) is 1.79. The number of nitrogens with one attached hydrogen (secondary N) is 1. The molecule has 0 radical (unpaired) electrons. The first-order valence-corrected chi connectivity index (χ1v) is 5.78. The maximum absolute atomic E-state index is 12.0. The maximum Gasteiger partial charge on any atom is 0.255 e. The molecule has 4 nitrogen and oxygen atoms in total. The summed E-state index contributed by atoms with van der Waals surface area (Å²) in [5.74, 6) is 0.132. The largest absolute Gasteiger partial charge is 0.507 e. The Balaban J connectivity index is 2.15. The van der Waals surface area contributed by atoms with Crippen LogP contribution in [0.5, 0.6) is 5.75 Å². The number of hydrogen-bond donors (Lipinski definition) is 2. The first-order valence-electron chi connectivity index (χ1n) is 5.40. The third kappa shape index (κ3) is 2.65. The van der Waals surface area contributed by atoms with Crippen LogP contribution in [0.15, 0.2) is 41.0 Å². The van der Waals surface area contributed by atoms with Crippen molar-refractivity contribution in [3.05, 3.63) is 52.9 Å². The van der Waals surface area contributed by atoms with Gasteiger partial charge in [0.15, 0.2) is 0 Å². The maximum atomic E-state index is 12.0. The SMILES string of the molecule is CC(NC(=O)c1cc(Cl)ccc1O)c1ccco1. The molecule has 1 amide bonds. The highest BCUT2D eigenvalue weighted by Gasteiger charge is 2.16. The molecule has 2 aromatic rings. The second-order valence-electron chi connectivity index (χ2n) is 3.87. The van der Waals surface area contributed by atoms with Crippen LogP contribution >= 0.6 is 11.6 Å². The van der Waals surface area contributed by atoms with Crippen molar-refractivity contribution in [3.8, 4) is 5.75 Å². The number of halogens is 1. The molecule has 0 saturated carbocycles. The first-order chi connectivity index (χ1) is 8.58. The van der Waals surface area contributed by atoms with Gasteiger partial charge in [-0.3, -0.25) is 4.79 Å². The summed E-state index contributed by atoms with van der Waals surface area (Å²) in [4.78, 5) is 12.0. The lowest BCUT2D eigenvalue weighted by atomic mass is 10.1. The molecule has 2 rings (SSSR count). The number of rotatable bonds is 3. The fourth-order valence-electron chi connectivity index (χ4n) is 1.57. The van der Waals surface area contributed by atoms with Gasteiger partial charge in [0.2, 0.25) is 0 Å². The molecule has 1 aromatic carbocycles. The normalized spacial score (nSPS) is 12.1. The third-order valence-electron chi connectivity index (χ3n) is 2.52. The number of phenols is 1. The second kappa shape index (κ2) is 5.14. The van der Waals surface area contributed by atoms with Crippen LogP contribution in [0.3, 0.4) is 0 Å². The highest BCUT2D eigenvalue weighted by molar-refractivity contribution is 6.31. The van der Waals surface area contributed by atoms with Gasteiger partial charge in [0.05, 0.1) is 17.9 Å². The van der Waals surface area contributed by atoms with Crippen molar-refractivity contribution >= 4 is 17.5 Å². The van der Waals surface area contributed by atoms with Crippen molar-refractivity contribution in [2.24, 2.45) is 0 Å². The Bertz CT molecular complexity index is 551. The first kappa shape index (κ1) is 12.5. The standard InChI is InChI=1S/C13H12ClNO3/c1-8(12-3-2-6-18-12)15-13(17)10-7-9(14)4-5-11(10)16/h2-8,16H,1H3,(H,15,17). The van der Waals surface area contributed by atoms with E-state index >= 15 is 0 Å². The topological polar surface area (TPSA) is 62.5 Å². The van der Waals surface area contributed by atoms with Crippen LogP contribution in [-0.2, 0) is 0 Å². The molecule has 1 atom stereocenters. The summed E-state index contributed by atoms with van der Waals surface area (Å²) in [5, 5.41) is 12.7. The molecule has 0 aliphatic carbocycles. The van der Waals surface area contributed by atoms with Crippen LogP contribution in [0, 0.1) is 0 Å². The van der Waals surface area contributed by atoms with Gasteiger partial charge in [-0.25, -0.2) is 0 Å². The predicted octanol–water partition coefficient (Wildman–Crippen LogP) is 3.13. The minimum Gasteiger partial charge on any atom is -0.507 e. The Morgan fingerprint density at radius 2 is 2.22 bits per heavy atom. The summed E-state index contributed by atoms with van der Waals surface area (Å²) in [5.41, 5.74) is 0.140. The van der Waals surface area contributed by atoms with Crippen molar-refractivity contribution in [3.63, 3.8) is 0 Å². The summed E-state index contributed by atoms with van der Waals surface area (Å²) in [6, 6.07) is 7.54. The van der Waals surface area contributed by atoms with Crippen LogP contribution in [0.1, 0.15) is 29.1 Å². The smallest absolute Gasteiger partial charge is 0.255 e. The number of carbonyl (C=O) groups is 1. The molecule has 1 heterocycles. The number of carbonyl (C=O) groups excluding carboxylic acids is 1. The van der Waals surface area contributed by atoms with Gasteiger partial charge >= 0.3 is 0 Å². The lowest BCUT2D eigenvalue weighted by molar-refractivity contribution is 0.0932. The van der Waals surface area contributed by atoms with E-state index in [1.54, 1.807) is 19.1 Å². The quantitative estimate of drug-likeness (QED) is 0.896. The summed E-state index contributed by atoms with van der Waals surface area (Å²) in [6.07, 6.45) is 1.54. The van der Waals surface area contributed by atoms with Crippen molar-refractivity contribution in [2.45, 2.75) is 13.0 Å². The van der Waals surface area contributed by atoms with Crippen LogP contribution in [0.4, 0.5) is 0 Å². The fraction of sp³-hybridized carbons (Fsp3) is 0.154. The monoisotopic (exact) mass is 265 g/mol. The molecule has 1 aromatic heterocycles. The van der Waals surface area contributed by atoms with E-state index in [9.17, 15) is 9.90 Å². The van der Waals surface area contributed by atoms with E-state index in [1.807, 2.05) is 0 Å². The van der Waals surface area contributed by atoms with Crippen molar-refractivity contribution in [1.82, 2.24) is 5.32 Å². The van der Waals surface area contributed by atoms with E-state index in [4.69, 9.17) is 16.0 Å². The number of aromatic hydroxyl groups is 1. The van der Waals surface area contributed by atoms with Crippen LogP contribution in [0.2, 0.25) is 5.02 Å². The van der Waals surface area contributed by atoms with Gasteiger partial charge < -0.3 is 14.8 Å². The van der Waals surface area contributed by atoms with Gasteiger partial charge in [-0.1, -0.05) is 11.6 Å². The summed E-state index contributed by atoms with van der Waals surface area (Å²) < 4.78 is 5.18. The molecule has 0 saturated heterocycles. The van der Waals surface area contributed by atoms with Crippen LogP contribution in [0.25, 0.3) is 0 Å². The third-order valence-corrected chi connectivity index (χ3v) is 2.76. The van der Waals surface area contributed by atoms with E-state index in [0.717, 1.165) is 0 Å². The summed E-state index contributed by atoms with van der Waals surface area (Å²) in [7, 11) is 0. The minimum absolute atomic E-state index is 0.108. The predicted molar refractivity (Wildman–Crippen MR) is 67.7 cm³/mol. The molecule has 0 aliphatic rings. The van der Waals surface area contributed by atoms with E-state index in [1.165, 1.54) is 24.5 Å². The summed E-state index contributed by atoms with van der Waals surface area (Å²) >= 11 is 5.79. The number of benzene rings is 1. The molecule has 5 heteroatoms. The van der Waals surface area contributed by atoms with Gasteiger partial charge in [-0.15, -0.1) is 0 Å². The molecule has 0 spiro atoms. The van der Waals surface area contributed by atoms with Crippen LogP contribution in [-0.4, -0.2) is 11.0 Å². The molecule has 1 unspecified atom stereocenters. The van der Waals surface area contributed by atoms with Crippen molar-refractivity contribution in [2.75, 3.05) is 0 Å². The Morgan fingerprint density at radius 1 is 1.44 bits per heavy atom. The van der Waals surface area contributed by atoms with Gasteiger partial charge in [-0.05, 0) is 37.3 Å². The zero-order valence-electron chi connectivity index (χ0n) is 9.68. The molecule has 18 heavy (non-hydrogen) atoms. The molecule has 0 bridgehead atoms. The number of furan rings is 1. The molecule has 0 fully saturated rings. The zero-order chi connectivity index (χ0) is 13.1. The van der Waals surface area contributed by atoms with Gasteiger partial charge in [0, 0.05) is 5.02 Å². The number of hydrogen-bond acceptors (Lipinski definition) is 3. The average Bonchev–Trinajstić information content (AvgIpc) is 2.85. The second-order valence-corrected chi connectivity index (χ2v) is 4.31. The number of amides is 1. The molecule has 94 valence electrons. The van der Waals surface area contributed by atoms with Gasteiger partial charge in [-0.2, -0.15) is 0 Å². The van der Waals surface area contributed by atoms with E-state index in [2.05, 4.69) is 5.32 Å². The minimum atomic E-state index is -0.404. The zero-order valence-corrected chi connectivity index (χ0v) is 10.4. The molecular formula is C13H12ClNO3. The lowest BCUT2D eigenvalue weighted by Gasteiger charge is -2.12. The Kier molecular flexibility index (Phi) is 3.58. The Morgan fingerprint density at radius 3 is 2.89 bits per heavy atom. The number of phenolic OH excluding ortho intramolecular Hbond substituents is 1. The van der Waals surface area contributed by atoms with Crippen molar-refractivity contribution in [1.29, 1.82) is 0 Å². The van der Waals surface area contributed by atoms with Gasteiger partial charge in [0.25, 0.3) is 5.91 Å². The lowest BCUT2D eigenvalue weighted by Crippen LogP contribution is -2.26. The molecular weight excluding hydrogens is 254 g/mol. The van der Waals surface area contributed by atoms with Crippen LogP contribution < -0.4 is 5.32 Å². The van der Waals surface area contributed by atoms with E-state index in [0.29, 0.717) is 10.8 Å². The fourth-order valence-corrected chi connectivity index (χ4v) is 1.75. The Labute approximate surface area is 109 Å². The van der Waals surface area contributed by atoms with E-state index in [-0.39, 0.29) is 17.4 Å². The van der Waals surface area contributed by atoms with Crippen molar-refractivity contribution < 1.29 is 14.3 Å². The molecule has 2 N–H and O–H groups in total. The highest BCUT2D eigenvalue weighted by atomic mass is 35.5. The van der Waals surface area contributed by atoms with E-state index < -0.39 is 5.91 Å². The molecule has 0 aliphatic heterocycles. The average molecular weight is 266 g/mol. The Hall–Kier alpha value is -1.94. The van der Waals surface area contributed by atoms with Gasteiger partial charge in [0.1, 0.15) is 11.5 Å². The highest BCUT2D eigenvalue weighted by Crippen LogP contribution is 2.22.